The molecule has 0 radical (unpaired) electrons. The summed E-state index contributed by atoms with van der Waals surface area (Å²) in [7, 11) is 1.57. The van der Waals surface area contributed by atoms with Gasteiger partial charge in [0.1, 0.15) is 23.4 Å². The Labute approximate surface area is 131 Å². The Bertz CT molecular complexity index is 889. The van der Waals surface area contributed by atoms with E-state index in [0.717, 1.165) is 0 Å². The van der Waals surface area contributed by atoms with Crippen molar-refractivity contribution >= 4 is 28.5 Å². The van der Waals surface area contributed by atoms with Gasteiger partial charge in [-0.15, -0.1) is 0 Å². The first-order valence-electron chi connectivity index (χ1n) is 6.58. The van der Waals surface area contributed by atoms with Crippen LogP contribution in [0.2, 0.25) is 5.15 Å². The summed E-state index contributed by atoms with van der Waals surface area (Å²) in [4.78, 5) is 24.4. The second-order valence-electron chi connectivity index (χ2n) is 4.79. The van der Waals surface area contributed by atoms with E-state index < -0.39 is 0 Å². The van der Waals surface area contributed by atoms with Crippen molar-refractivity contribution in [3.63, 3.8) is 0 Å². The number of hydrogen-bond donors (Lipinski definition) is 0. The second-order valence-corrected chi connectivity index (χ2v) is 5.15. The average Bonchev–Trinajstić information content (AvgIpc) is 2.90. The highest BCUT2D eigenvalue weighted by Gasteiger charge is 2.15. The van der Waals surface area contributed by atoms with Crippen molar-refractivity contribution in [1.82, 2.24) is 19.5 Å². The summed E-state index contributed by atoms with van der Waals surface area (Å²) in [5.74, 6) is 1.12. The first kappa shape index (κ1) is 14.5. The fourth-order valence-corrected chi connectivity index (χ4v) is 2.50. The summed E-state index contributed by atoms with van der Waals surface area (Å²) in [6, 6.07) is 5.21. The van der Waals surface area contributed by atoms with Crippen LogP contribution < -0.4 is 4.74 Å². The molecule has 0 aliphatic carbocycles. The highest BCUT2D eigenvalue weighted by molar-refractivity contribution is 6.33. The molecule has 0 saturated heterocycles. The van der Waals surface area contributed by atoms with Crippen molar-refractivity contribution in [2.75, 3.05) is 7.11 Å². The number of imidazole rings is 1. The van der Waals surface area contributed by atoms with Gasteiger partial charge in [-0.05, 0) is 32.0 Å². The average molecular weight is 317 g/mol. The Morgan fingerprint density at radius 3 is 2.77 bits per heavy atom. The lowest BCUT2D eigenvalue weighted by Gasteiger charge is -2.11. The number of aromatic nitrogens is 4. The first-order valence-corrected chi connectivity index (χ1v) is 6.95. The van der Waals surface area contributed by atoms with E-state index in [0.29, 0.717) is 39.1 Å². The SMILES string of the molecule is COc1ccc(C(C)=O)cc1-n1cnc2c(Cl)nc(C)nc21. The third kappa shape index (κ3) is 2.31. The Balaban J connectivity index is 2.31. The lowest BCUT2D eigenvalue weighted by atomic mass is 10.1. The van der Waals surface area contributed by atoms with Crippen LogP contribution in [0.3, 0.4) is 0 Å². The zero-order chi connectivity index (χ0) is 15.9. The summed E-state index contributed by atoms with van der Waals surface area (Å²) >= 11 is 6.11. The number of ether oxygens (including phenoxy) is 1. The number of rotatable bonds is 3. The number of benzene rings is 1. The number of hydrogen-bond acceptors (Lipinski definition) is 5. The number of Topliss-reactive ketones (excluding diaryl/α,β-unsaturated/α-hetero) is 1. The minimum absolute atomic E-state index is 0.0304. The van der Waals surface area contributed by atoms with E-state index in [4.69, 9.17) is 16.3 Å². The number of methoxy groups -OCH3 is 1. The molecule has 22 heavy (non-hydrogen) atoms. The third-order valence-corrected chi connectivity index (χ3v) is 3.57. The van der Waals surface area contributed by atoms with Gasteiger partial charge in [-0.1, -0.05) is 11.6 Å². The van der Waals surface area contributed by atoms with Crippen molar-refractivity contribution in [2.24, 2.45) is 0 Å². The molecule has 0 fully saturated rings. The first-order chi connectivity index (χ1) is 10.5. The number of nitrogens with zero attached hydrogens (tertiary/aromatic N) is 4. The van der Waals surface area contributed by atoms with Crippen molar-refractivity contribution in [1.29, 1.82) is 0 Å². The number of aryl methyl sites for hydroxylation is 1. The Morgan fingerprint density at radius 2 is 2.09 bits per heavy atom. The zero-order valence-electron chi connectivity index (χ0n) is 12.3. The van der Waals surface area contributed by atoms with Gasteiger partial charge >= 0.3 is 0 Å². The molecule has 0 N–H and O–H groups in total. The summed E-state index contributed by atoms with van der Waals surface area (Å²) in [6.45, 7) is 3.27. The normalized spacial score (nSPS) is 10.9. The molecule has 0 unspecified atom stereocenters. The molecule has 0 spiro atoms. The number of carbonyl (C=O) groups is 1. The minimum atomic E-state index is -0.0304. The van der Waals surface area contributed by atoms with E-state index in [1.54, 1.807) is 43.1 Å². The fraction of sp³-hybridized carbons (Fsp3) is 0.200. The van der Waals surface area contributed by atoms with E-state index in [1.165, 1.54) is 6.92 Å². The van der Waals surface area contributed by atoms with Gasteiger partial charge in [0.05, 0.1) is 12.8 Å². The maximum absolute atomic E-state index is 11.6. The molecule has 0 bridgehead atoms. The molecule has 0 amide bonds. The van der Waals surface area contributed by atoms with E-state index >= 15 is 0 Å². The molecule has 2 aromatic heterocycles. The van der Waals surface area contributed by atoms with Gasteiger partial charge in [0.25, 0.3) is 0 Å². The molecule has 0 aliphatic heterocycles. The van der Waals surface area contributed by atoms with Crippen LogP contribution in [0, 0.1) is 6.92 Å². The zero-order valence-corrected chi connectivity index (χ0v) is 13.0. The molecule has 3 aromatic rings. The Morgan fingerprint density at radius 1 is 1.32 bits per heavy atom. The van der Waals surface area contributed by atoms with E-state index in [9.17, 15) is 4.79 Å². The maximum Gasteiger partial charge on any atom is 0.169 e. The number of fused-ring (bicyclic) bond motifs is 1. The highest BCUT2D eigenvalue weighted by atomic mass is 35.5. The molecule has 0 saturated carbocycles. The van der Waals surface area contributed by atoms with Gasteiger partial charge < -0.3 is 4.74 Å². The summed E-state index contributed by atoms with van der Waals surface area (Å²) in [6.07, 6.45) is 1.59. The van der Waals surface area contributed by atoms with Crippen LogP contribution in [-0.2, 0) is 0 Å². The molecule has 6 nitrogen and oxygen atoms in total. The second kappa shape index (κ2) is 5.38. The van der Waals surface area contributed by atoms with E-state index in [-0.39, 0.29) is 5.78 Å². The number of ketones is 1. The minimum Gasteiger partial charge on any atom is -0.495 e. The smallest absolute Gasteiger partial charge is 0.169 e. The van der Waals surface area contributed by atoms with Crippen LogP contribution in [0.25, 0.3) is 16.9 Å². The van der Waals surface area contributed by atoms with Crippen LogP contribution >= 0.6 is 11.6 Å². The Hall–Kier alpha value is -2.47. The molecular formula is C15H13ClN4O2. The number of halogens is 1. The van der Waals surface area contributed by atoms with Crippen molar-refractivity contribution in [3.8, 4) is 11.4 Å². The summed E-state index contributed by atoms with van der Waals surface area (Å²) < 4.78 is 7.11. The largest absolute Gasteiger partial charge is 0.495 e. The van der Waals surface area contributed by atoms with Crippen molar-refractivity contribution < 1.29 is 9.53 Å². The van der Waals surface area contributed by atoms with Crippen molar-refractivity contribution in [2.45, 2.75) is 13.8 Å². The van der Waals surface area contributed by atoms with Crippen molar-refractivity contribution in [3.05, 3.63) is 41.1 Å². The fourth-order valence-electron chi connectivity index (χ4n) is 2.24. The lowest BCUT2D eigenvalue weighted by Crippen LogP contribution is -2.02. The molecule has 7 heteroatoms. The van der Waals surface area contributed by atoms with Gasteiger partial charge in [0, 0.05) is 5.56 Å². The molecule has 112 valence electrons. The molecular weight excluding hydrogens is 304 g/mol. The predicted molar refractivity (Wildman–Crippen MR) is 83.0 cm³/mol. The van der Waals surface area contributed by atoms with Crippen LogP contribution in [0.4, 0.5) is 0 Å². The van der Waals surface area contributed by atoms with Crippen LogP contribution in [0.15, 0.2) is 24.5 Å². The van der Waals surface area contributed by atoms with Gasteiger partial charge in [0.15, 0.2) is 16.6 Å². The molecule has 1 aromatic carbocycles. The maximum atomic E-state index is 11.6. The van der Waals surface area contributed by atoms with Gasteiger partial charge in [-0.25, -0.2) is 15.0 Å². The summed E-state index contributed by atoms with van der Waals surface area (Å²) in [5, 5.41) is 0.294. The van der Waals surface area contributed by atoms with Crippen LogP contribution in [0.5, 0.6) is 5.75 Å². The Kier molecular flexibility index (Phi) is 3.54. The lowest BCUT2D eigenvalue weighted by molar-refractivity contribution is 0.101. The van der Waals surface area contributed by atoms with Crippen LogP contribution in [0.1, 0.15) is 23.1 Å². The number of carbonyl (C=O) groups excluding carboxylic acids is 1. The van der Waals surface area contributed by atoms with E-state index in [2.05, 4.69) is 15.0 Å². The molecule has 0 atom stereocenters. The van der Waals surface area contributed by atoms with Crippen LogP contribution in [-0.4, -0.2) is 32.4 Å². The quantitative estimate of drug-likeness (QED) is 0.549. The van der Waals surface area contributed by atoms with Gasteiger partial charge in [0.2, 0.25) is 0 Å². The standard InChI is InChI=1S/C15H13ClN4O2/c1-8(21)10-4-5-12(22-3)11(6-10)20-7-17-13-14(16)18-9(2)19-15(13)20/h4-7H,1-3H3. The van der Waals surface area contributed by atoms with E-state index in [1.807, 2.05) is 0 Å². The topological polar surface area (TPSA) is 69.9 Å². The molecule has 3 rings (SSSR count). The van der Waals surface area contributed by atoms with Gasteiger partial charge in [-0.2, -0.15) is 0 Å². The monoisotopic (exact) mass is 316 g/mol. The molecule has 2 heterocycles. The van der Waals surface area contributed by atoms with Gasteiger partial charge in [-0.3, -0.25) is 9.36 Å². The highest BCUT2D eigenvalue weighted by Crippen LogP contribution is 2.28. The predicted octanol–water partition coefficient (Wildman–Crippen LogP) is 2.99. The summed E-state index contributed by atoms with van der Waals surface area (Å²) in [5.41, 5.74) is 2.32. The molecule has 0 aliphatic rings. The third-order valence-electron chi connectivity index (χ3n) is 3.31.